The van der Waals surface area contributed by atoms with Crippen LogP contribution in [0, 0.1) is 0 Å². The third-order valence-corrected chi connectivity index (χ3v) is 3.82. The fourth-order valence-corrected chi connectivity index (χ4v) is 2.40. The maximum absolute atomic E-state index is 12.6. The molecule has 2 rings (SSSR count). The standard InChI is InChI=1S/C19H14ClF4NO5/c1-28-17(27)11-3-6-13(20)14(8-11)25-16(26)7-4-10-2-5-12(29-18(21)22)9-15(10)30-19(23)24/h2-9,18-19H,1H3,(H,25,26)/b7-4+. The highest BCUT2D eigenvalue weighted by atomic mass is 35.5. The maximum Gasteiger partial charge on any atom is 0.387 e. The second-order valence-corrected chi connectivity index (χ2v) is 5.87. The predicted octanol–water partition coefficient (Wildman–Crippen LogP) is 4.98. The van der Waals surface area contributed by atoms with E-state index in [1.165, 1.54) is 25.3 Å². The highest BCUT2D eigenvalue weighted by molar-refractivity contribution is 6.34. The average molecular weight is 448 g/mol. The van der Waals surface area contributed by atoms with Gasteiger partial charge in [0.25, 0.3) is 0 Å². The molecular weight excluding hydrogens is 434 g/mol. The van der Waals surface area contributed by atoms with E-state index < -0.39 is 36.6 Å². The summed E-state index contributed by atoms with van der Waals surface area (Å²) in [5.41, 5.74) is 0.254. The van der Waals surface area contributed by atoms with Crippen LogP contribution in [0.25, 0.3) is 6.08 Å². The number of halogens is 5. The zero-order chi connectivity index (χ0) is 22.3. The van der Waals surface area contributed by atoms with Crippen LogP contribution in [0.2, 0.25) is 5.02 Å². The van der Waals surface area contributed by atoms with E-state index in [4.69, 9.17) is 11.6 Å². The van der Waals surface area contributed by atoms with Gasteiger partial charge in [0.15, 0.2) is 0 Å². The van der Waals surface area contributed by atoms with E-state index in [0.29, 0.717) is 0 Å². The number of methoxy groups -OCH3 is 1. The number of esters is 1. The van der Waals surface area contributed by atoms with Crippen molar-refractivity contribution in [3.63, 3.8) is 0 Å². The topological polar surface area (TPSA) is 73.9 Å². The first-order valence-corrected chi connectivity index (χ1v) is 8.48. The molecule has 6 nitrogen and oxygen atoms in total. The molecule has 160 valence electrons. The maximum atomic E-state index is 12.6. The van der Waals surface area contributed by atoms with Gasteiger partial charge in [0, 0.05) is 17.7 Å². The summed E-state index contributed by atoms with van der Waals surface area (Å²) in [4.78, 5) is 23.7. The number of benzene rings is 2. The fraction of sp³-hybridized carbons (Fsp3) is 0.158. The molecule has 0 aliphatic carbocycles. The quantitative estimate of drug-likeness (QED) is 0.351. The molecule has 1 N–H and O–H groups in total. The van der Waals surface area contributed by atoms with Gasteiger partial charge in [0.1, 0.15) is 11.5 Å². The number of hydrogen-bond donors (Lipinski definition) is 1. The highest BCUT2D eigenvalue weighted by Gasteiger charge is 2.13. The van der Waals surface area contributed by atoms with Crippen LogP contribution < -0.4 is 14.8 Å². The van der Waals surface area contributed by atoms with Gasteiger partial charge in [-0.05, 0) is 36.4 Å². The van der Waals surface area contributed by atoms with Crippen molar-refractivity contribution in [3.05, 3.63) is 58.6 Å². The smallest absolute Gasteiger partial charge is 0.387 e. The van der Waals surface area contributed by atoms with Crippen molar-refractivity contribution >= 4 is 35.2 Å². The minimum Gasteiger partial charge on any atom is -0.465 e. The molecule has 0 saturated heterocycles. The summed E-state index contributed by atoms with van der Waals surface area (Å²) in [6, 6.07) is 7.16. The molecule has 1 amide bonds. The van der Waals surface area contributed by atoms with Crippen molar-refractivity contribution in [2.24, 2.45) is 0 Å². The second kappa shape index (κ2) is 10.5. The van der Waals surface area contributed by atoms with Gasteiger partial charge in [-0.3, -0.25) is 4.79 Å². The van der Waals surface area contributed by atoms with E-state index in [1.54, 1.807) is 0 Å². The summed E-state index contributed by atoms with van der Waals surface area (Å²) >= 11 is 5.98. The average Bonchev–Trinajstić information content (AvgIpc) is 2.67. The monoisotopic (exact) mass is 447 g/mol. The molecule has 2 aromatic carbocycles. The zero-order valence-corrected chi connectivity index (χ0v) is 16.0. The van der Waals surface area contributed by atoms with E-state index >= 15 is 0 Å². The third-order valence-electron chi connectivity index (χ3n) is 3.49. The van der Waals surface area contributed by atoms with E-state index in [9.17, 15) is 27.2 Å². The Morgan fingerprint density at radius 2 is 1.73 bits per heavy atom. The van der Waals surface area contributed by atoms with Crippen LogP contribution in [0.3, 0.4) is 0 Å². The molecule has 0 saturated carbocycles. The molecule has 0 aliphatic rings. The number of amides is 1. The Morgan fingerprint density at radius 3 is 2.37 bits per heavy atom. The molecule has 0 unspecified atom stereocenters. The number of hydrogen-bond acceptors (Lipinski definition) is 5. The first kappa shape index (κ1) is 23.0. The molecule has 11 heteroatoms. The minimum atomic E-state index is -3.23. The van der Waals surface area contributed by atoms with Crippen molar-refractivity contribution in [1.29, 1.82) is 0 Å². The van der Waals surface area contributed by atoms with Gasteiger partial charge in [-0.15, -0.1) is 0 Å². The largest absolute Gasteiger partial charge is 0.465 e. The van der Waals surface area contributed by atoms with Crippen LogP contribution in [0.4, 0.5) is 23.2 Å². The summed E-state index contributed by atoms with van der Waals surface area (Å²) in [6.45, 7) is -6.38. The van der Waals surface area contributed by atoms with Gasteiger partial charge >= 0.3 is 19.2 Å². The van der Waals surface area contributed by atoms with Crippen LogP contribution in [-0.2, 0) is 9.53 Å². The lowest BCUT2D eigenvalue weighted by atomic mass is 10.1. The minimum absolute atomic E-state index is 0.00137. The Kier molecular flexibility index (Phi) is 8.05. The van der Waals surface area contributed by atoms with Crippen LogP contribution in [0.1, 0.15) is 15.9 Å². The lowest BCUT2D eigenvalue weighted by Gasteiger charge is -2.11. The van der Waals surface area contributed by atoms with Crippen molar-refractivity contribution < 1.29 is 41.4 Å². The molecule has 0 aromatic heterocycles. The number of ether oxygens (including phenoxy) is 3. The van der Waals surface area contributed by atoms with Gasteiger partial charge in [0.05, 0.1) is 23.4 Å². The summed E-state index contributed by atoms with van der Waals surface area (Å²) in [7, 11) is 1.19. The van der Waals surface area contributed by atoms with Gasteiger partial charge in [0.2, 0.25) is 5.91 Å². The van der Waals surface area contributed by atoms with Crippen molar-refractivity contribution in [3.8, 4) is 11.5 Å². The number of rotatable bonds is 8. The van der Waals surface area contributed by atoms with Gasteiger partial charge < -0.3 is 19.5 Å². The molecule has 0 bridgehead atoms. The molecule has 0 aliphatic heterocycles. The Hall–Kier alpha value is -3.27. The number of nitrogens with one attached hydrogen (secondary N) is 1. The molecule has 0 fully saturated rings. The summed E-state index contributed by atoms with van der Waals surface area (Å²) < 4.78 is 62.8. The Labute approximate surface area is 173 Å². The number of alkyl halides is 4. The molecular formula is C19H14ClF4NO5. The second-order valence-electron chi connectivity index (χ2n) is 5.47. The number of carbonyl (C=O) groups is 2. The van der Waals surface area contributed by atoms with Crippen LogP contribution in [0.15, 0.2) is 42.5 Å². The van der Waals surface area contributed by atoms with Crippen molar-refractivity contribution in [1.82, 2.24) is 0 Å². The van der Waals surface area contributed by atoms with Crippen LogP contribution in [0.5, 0.6) is 11.5 Å². The third kappa shape index (κ3) is 6.66. The van der Waals surface area contributed by atoms with Crippen molar-refractivity contribution in [2.75, 3.05) is 12.4 Å². The Bertz CT molecular complexity index is 953. The fourth-order valence-electron chi connectivity index (χ4n) is 2.23. The van der Waals surface area contributed by atoms with Crippen LogP contribution in [-0.4, -0.2) is 32.2 Å². The number of anilines is 1. The van der Waals surface area contributed by atoms with Crippen molar-refractivity contribution in [2.45, 2.75) is 13.2 Å². The summed E-state index contributed by atoms with van der Waals surface area (Å²) in [5.74, 6) is -2.22. The van der Waals surface area contributed by atoms with Gasteiger partial charge in [-0.25, -0.2) is 4.79 Å². The highest BCUT2D eigenvalue weighted by Crippen LogP contribution is 2.29. The molecule has 0 radical (unpaired) electrons. The molecule has 30 heavy (non-hydrogen) atoms. The van der Waals surface area contributed by atoms with E-state index in [2.05, 4.69) is 19.5 Å². The van der Waals surface area contributed by atoms with E-state index in [0.717, 1.165) is 30.4 Å². The predicted molar refractivity (Wildman–Crippen MR) is 100 cm³/mol. The molecule has 2 aromatic rings. The van der Waals surface area contributed by atoms with Gasteiger partial charge in [-0.2, -0.15) is 17.6 Å². The SMILES string of the molecule is COC(=O)c1ccc(Cl)c(NC(=O)/C=C/c2ccc(OC(F)F)cc2OC(F)F)c1. The first-order valence-electron chi connectivity index (χ1n) is 8.10. The normalized spacial score (nSPS) is 11.1. The number of carbonyl (C=O) groups excluding carboxylic acids is 2. The summed E-state index contributed by atoms with van der Waals surface area (Å²) in [5, 5.41) is 2.56. The molecule has 0 atom stereocenters. The molecule has 0 spiro atoms. The Morgan fingerprint density at radius 1 is 1.03 bits per heavy atom. The summed E-state index contributed by atoms with van der Waals surface area (Å²) in [6.07, 6.45) is 2.10. The van der Waals surface area contributed by atoms with E-state index in [-0.39, 0.29) is 21.8 Å². The van der Waals surface area contributed by atoms with Gasteiger partial charge in [-0.1, -0.05) is 11.6 Å². The first-order chi connectivity index (χ1) is 14.2. The zero-order valence-electron chi connectivity index (χ0n) is 15.2. The molecule has 0 heterocycles. The Balaban J connectivity index is 2.20. The van der Waals surface area contributed by atoms with Crippen LogP contribution >= 0.6 is 11.6 Å². The lowest BCUT2D eigenvalue weighted by molar-refractivity contribution is -0.111. The van der Waals surface area contributed by atoms with E-state index in [1.807, 2.05) is 0 Å². The lowest BCUT2D eigenvalue weighted by Crippen LogP contribution is -2.10.